The molecule has 8 heteroatoms. The van der Waals surface area contributed by atoms with Crippen molar-refractivity contribution in [3.63, 3.8) is 0 Å². The molecule has 0 saturated carbocycles. The molecule has 2 aliphatic rings. The Bertz CT molecular complexity index is 1230. The Morgan fingerprint density at radius 2 is 1.91 bits per heavy atom. The van der Waals surface area contributed by atoms with Gasteiger partial charge in [-0.05, 0) is 55.0 Å². The van der Waals surface area contributed by atoms with E-state index in [0.717, 1.165) is 5.57 Å². The number of Topliss-reactive ketones (excluding diaryl/α,β-unsaturated/α-hetero) is 1. The predicted octanol–water partition coefficient (Wildman–Crippen LogP) is 3.14. The van der Waals surface area contributed by atoms with E-state index in [4.69, 9.17) is 0 Å². The van der Waals surface area contributed by atoms with Gasteiger partial charge in [-0.3, -0.25) is 19.4 Å². The molecule has 1 aromatic carbocycles. The first kappa shape index (κ1) is 21.7. The molecule has 32 heavy (non-hydrogen) atoms. The van der Waals surface area contributed by atoms with Gasteiger partial charge < -0.3 is 9.67 Å². The lowest BCUT2D eigenvalue weighted by molar-refractivity contribution is -0.116. The molecule has 166 valence electrons. The Labute approximate surface area is 184 Å². The Kier molecular flexibility index (Phi) is 5.56. The lowest BCUT2D eigenvalue weighted by Gasteiger charge is -2.32. The maximum atomic E-state index is 13.2. The minimum absolute atomic E-state index is 0.0551. The van der Waals surface area contributed by atoms with Gasteiger partial charge in [-0.25, -0.2) is 9.82 Å². The van der Waals surface area contributed by atoms with Gasteiger partial charge in [-0.1, -0.05) is 24.3 Å². The number of pyridine rings is 1. The number of benzene rings is 1. The molecule has 2 heterocycles. The molecule has 0 saturated heterocycles. The van der Waals surface area contributed by atoms with Crippen LogP contribution in [-0.4, -0.2) is 26.4 Å². The van der Waals surface area contributed by atoms with Gasteiger partial charge in [0.05, 0.1) is 13.2 Å². The van der Waals surface area contributed by atoms with Crippen LogP contribution in [0.2, 0.25) is 0 Å². The van der Waals surface area contributed by atoms with E-state index in [2.05, 4.69) is 12.0 Å². The monoisotopic (exact) mass is 437 g/mol. The van der Waals surface area contributed by atoms with Crippen LogP contribution in [0.15, 0.2) is 53.0 Å². The Morgan fingerprint density at radius 1 is 1.22 bits per heavy atom. The summed E-state index contributed by atoms with van der Waals surface area (Å²) in [7, 11) is 0. The van der Waals surface area contributed by atoms with Crippen LogP contribution in [0.25, 0.3) is 5.57 Å². The summed E-state index contributed by atoms with van der Waals surface area (Å²) in [5.41, 5.74) is 4.97. The van der Waals surface area contributed by atoms with Crippen LogP contribution in [0.3, 0.4) is 0 Å². The summed E-state index contributed by atoms with van der Waals surface area (Å²) in [6.45, 7) is 7.74. The molecule has 1 aliphatic carbocycles. The van der Waals surface area contributed by atoms with E-state index in [-0.39, 0.29) is 42.0 Å². The van der Waals surface area contributed by atoms with Crippen LogP contribution in [-0.2, 0) is 18.0 Å². The third kappa shape index (κ3) is 3.78. The van der Waals surface area contributed by atoms with Gasteiger partial charge in [0.2, 0.25) is 5.43 Å². The number of amides is 1. The van der Waals surface area contributed by atoms with Gasteiger partial charge in [0.25, 0.3) is 5.91 Å². The molecule has 1 aromatic heterocycles. The first-order chi connectivity index (χ1) is 15.2. The smallest absolute Gasteiger partial charge is 0.289 e. The minimum atomic E-state index is -0.683. The second-order valence-electron chi connectivity index (χ2n) is 8.35. The van der Waals surface area contributed by atoms with Gasteiger partial charge in [0, 0.05) is 18.2 Å². The van der Waals surface area contributed by atoms with Crippen LogP contribution < -0.4 is 10.9 Å². The molecule has 1 aliphatic heterocycles. The van der Waals surface area contributed by atoms with Crippen LogP contribution in [0, 0.1) is 11.7 Å². The highest BCUT2D eigenvalue weighted by Crippen LogP contribution is 2.36. The molecule has 4 rings (SSSR count). The highest BCUT2D eigenvalue weighted by Gasteiger charge is 2.33. The van der Waals surface area contributed by atoms with Gasteiger partial charge in [-0.2, -0.15) is 0 Å². The molecule has 1 unspecified atom stereocenters. The fourth-order valence-electron chi connectivity index (χ4n) is 4.15. The molecule has 2 N–H and O–H groups in total. The third-order valence-electron chi connectivity index (χ3n) is 6.17. The average Bonchev–Trinajstić information content (AvgIpc) is 2.75. The van der Waals surface area contributed by atoms with E-state index in [0.29, 0.717) is 29.6 Å². The zero-order valence-electron chi connectivity index (χ0n) is 17.9. The van der Waals surface area contributed by atoms with Crippen molar-refractivity contribution in [1.29, 1.82) is 0 Å². The molecule has 0 spiro atoms. The van der Waals surface area contributed by atoms with E-state index < -0.39 is 17.1 Å². The van der Waals surface area contributed by atoms with Crippen molar-refractivity contribution in [3.05, 3.63) is 81.0 Å². The van der Waals surface area contributed by atoms with Crippen molar-refractivity contribution in [1.82, 2.24) is 15.0 Å². The lowest BCUT2D eigenvalue weighted by atomic mass is 9.78. The van der Waals surface area contributed by atoms with Crippen molar-refractivity contribution >= 4 is 17.3 Å². The number of halogens is 1. The number of fused-ring (bicyclic) bond motifs is 1. The largest absolute Gasteiger partial charge is 0.503 e. The van der Waals surface area contributed by atoms with Gasteiger partial charge in [-0.15, -0.1) is 0 Å². The molecular formula is C24H24FN3O4. The van der Waals surface area contributed by atoms with Crippen LogP contribution in [0.1, 0.15) is 48.3 Å². The number of aromatic hydroxyl groups is 1. The summed E-state index contributed by atoms with van der Waals surface area (Å²) in [6.07, 6.45) is 2.34. The number of rotatable bonds is 4. The first-order valence-corrected chi connectivity index (χ1v) is 10.3. The summed E-state index contributed by atoms with van der Waals surface area (Å²) in [5.74, 6) is -1.74. The van der Waals surface area contributed by atoms with E-state index in [1.165, 1.54) is 27.9 Å². The van der Waals surface area contributed by atoms with Crippen LogP contribution >= 0.6 is 0 Å². The fourth-order valence-corrected chi connectivity index (χ4v) is 4.15. The maximum Gasteiger partial charge on any atom is 0.289 e. The molecular weight excluding hydrogens is 413 g/mol. The van der Waals surface area contributed by atoms with Crippen LogP contribution in [0.4, 0.5) is 4.39 Å². The van der Waals surface area contributed by atoms with Crippen molar-refractivity contribution < 1.29 is 19.1 Å². The topological polar surface area (TPSA) is 91.6 Å². The third-order valence-corrected chi connectivity index (χ3v) is 6.17. The summed E-state index contributed by atoms with van der Waals surface area (Å²) in [4.78, 5) is 38.6. The molecule has 7 nitrogen and oxygen atoms in total. The number of nitrogens with zero attached hydrogens (tertiary/aromatic N) is 2. The fraction of sp³-hybridized carbons (Fsp3) is 0.292. The highest BCUT2D eigenvalue weighted by molar-refractivity contribution is 6.04. The SMILES string of the molecule is C=C(C)C1CC(=O)C(C)=C(c2cn3c(c(O)c2=O)C(=O)N(Cc2ccc(F)cc2)NC3)C1. The molecule has 0 bridgehead atoms. The van der Waals surface area contributed by atoms with Crippen molar-refractivity contribution in [3.8, 4) is 5.75 Å². The van der Waals surface area contributed by atoms with E-state index >= 15 is 0 Å². The zero-order chi connectivity index (χ0) is 23.2. The van der Waals surface area contributed by atoms with Crippen molar-refractivity contribution in [2.45, 2.75) is 39.9 Å². The van der Waals surface area contributed by atoms with E-state index in [9.17, 15) is 23.9 Å². The second kappa shape index (κ2) is 8.20. The van der Waals surface area contributed by atoms with E-state index in [1.807, 2.05) is 6.92 Å². The number of nitrogens with one attached hydrogen (secondary N) is 1. The number of allylic oxidation sites excluding steroid dienone is 3. The standard InChI is InChI=1S/C24H24FN3O4/c1-13(2)16-8-18(14(3)20(29)9-16)19-11-27-12-26-28(10-15-4-6-17(25)7-5-15)24(32)21(27)23(31)22(19)30/h4-7,11,16,26,31H,1,8-10,12H2,2-3H3. The normalized spacial score (nSPS) is 18.7. The number of carbonyl (C=O) groups excluding carboxylic acids is 2. The summed E-state index contributed by atoms with van der Waals surface area (Å²) < 4.78 is 14.6. The zero-order valence-corrected chi connectivity index (χ0v) is 17.9. The van der Waals surface area contributed by atoms with Crippen molar-refractivity contribution in [2.75, 3.05) is 0 Å². The summed E-state index contributed by atoms with van der Waals surface area (Å²) >= 11 is 0. The van der Waals surface area contributed by atoms with Crippen molar-refractivity contribution in [2.24, 2.45) is 5.92 Å². The quantitative estimate of drug-likeness (QED) is 0.717. The molecule has 0 fully saturated rings. The highest BCUT2D eigenvalue weighted by atomic mass is 19.1. The predicted molar refractivity (Wildman–Crippen MR) is 117 cm³/mol. The number of carbonyl (C=O) groups is 2. The van der Waals surface area contributed by atoms with Gasteiger partial charge in [0.15, 0.2) is 17.2 Å². The summed E-state index contributed by atoms with van der Waals surface area (Å²) in [5, 5.41) is 12.0. The number of hydrazine groups is 1. The average molecular weight is 437 g/mol. The Morgan fingerprint density at radius 3 is 2.56 bits per heavy atom. The van der Waals surface area contributed by atoms with Gasteiger partial charge in [0.1, 0.15) is 5.82 Å². The second-order valence-corrected chi connectivity index (χ2v) is 8.35. The lowest BCUT2D eigenvalue weighted by Crippen LogP contribution is -2.49. The molecule has 2 aromatic rings. The number of ketones is 1. The Balaban J connectivity index is 1.71. The first-order valence-electron chi connectivity index (χ1n) is 10.3. The number of hydrogen-bond acceptors (Lipinski definition) is 5. The molecule has 1 atom stereocenters. The van der Waals surface area contributed by atoms with Gasteiger partial charge >= 0.3 is 0 Å². The molecule has 1 amide bonds. The number of hydrogen-bond donors (Lipinski definition) is 2. The minimum Gasteiger partial charge on any atom is -0.503 e. The number of aromatic nitrogens is 1. The maximum absolute atomic E-state index is 13.2. The Hall–Kier alpha value is -3.52. The van der Waals surface area contributed by atoms with E-state index in [1.54, 1.807) is 19.1 Å². The van der Waals surface area contributed by atoms with Crippen LogP contribution in [0.5, 0.6) is 5.75 Å². The molecule has 0 radical (unpaired) electrons. The summed E-state index contributed by atoms with van der Waals surface area (Å²) in [6, 6.07) is 5.71.